The summed E-state index contributed by atoms with van der Waals surface area (Å²) >= 11 is 5.83. The Kier molecular flexibility index (Phi) is 4.31. The van der Waals surface area contributed by atoms with Crippen LogP contribution in [0.25, 0.3) is 11.0 Å². The summed E-state index contributed by atoms with van der Waals surface area (Å²) in [5, 5.41) is 12.5. The number of aliphatic hydroxyl groups excluding tert-OH is 1. The second-order valence-corrected chi connectivity index (χ2v) is 4.44. The summed E-state index contributed by atoms with van der Waals surface area (Å²) in [5.74, 6) is -0.351. The molecule has 0 spiro atoms. The van der Waals surface area contributed by atoms with Gasteiger partial charge in [-0.05, 0) is 30.7 Å². The van der Waals surface area contributed by atoms with Crippen LogP contribution in [0.3, 0.4) is 0 Å². The topological polar surface area (TPSA) is 97.2 Å². The van der Waals surface area contributed by atoms with Crippen LogP contribution in [0.5, 0.6) is 0 Å². The molecule has 2 atom stereocenters. The number of anilines is 1. The highest BCUT2D eigenvalue weighted by Gasteiger charge is 2.26. The lowest BCUT2D eigenvalue weighted by molar-refractivity contribution is -0.143. The molecule has 2 heterocycles. The molecule has 0 saturated heterocycles. The lowest BCUT2D eigenvalue weighted by Gasteiger charge is -2.19. The molecule has 0 bridgehead atoms. The molecule has 2 N–H and O–H groups in total. The number of fused-ring (bicyclic) bond motifs is 1. The van der Waals surface area contributed by atoms with Crippen LogP contribution in [0.4, 0.5) is 5.82 Å². The molecule has 0 amide bonds. The molecule has 106 valence electrons. The summed E-state index contributed by atoms with van der Waals surface area (Å²) in [6.07, 6.45) is 0.593. The first-order chi connectivity index (χ1) is 9.52. The fourth-order valence-electron chi connectivity index (χ4n) is 1.69. The van der Waals surface area contributed by atoms with Gasteiger partial charge in [0.2, 0.25) is 5.28 Å². The molecule has 0 fully saturated rings. The van der Waals surface area contributed by atoms with Gasteiger partial charge in [0.05, 0.1) is 18.7 Å². The molecule has 7 nitrogen and oxygen atoms in total. The lowest BCUT2D eigenvalue weighted by atomic mass is 10.2. The van der Waals surface area contributed by atoms with Crippen molar-refractivity contribution >= 4 is 34.4 Å². The fourth-order valence-corrected chi connectivity index (χ4v) is 1.87. The minimum Gasteiger partial charge on any atom is -0.467 e. The largest absolute Gasteiger partial charge is 0.467 e. The molecule has 0 aliphatic heterocycles. The Labute approximate surface area is 120 Å². The Morgan fingerprint density at radius 3 is 2.90 bits per heavy atom. The molecular formula is C12H13ClN4O3. The summed E-state index contributed by atoms with van der Waals surface area (Å²) < 4.78 is 4.63. The number of hydrogen-bond donors (Lipinski definition) is 2. The standard InChI is InChI=1S/C12H13ClN4O3/c1-6(18)8(11(19)20-2)16-10-9-7(4-3-5-14-9)15-12(13)17-10/h3-6,8,18H,1-2H3,(H,15,16,17)/t6-,8-/m0/s1. The molecule has 0 aliphatic rings. The van der Waals surface area contributed by atoms with Crippen molar-refractivity contribution in [2.24, 2.45) is 0 Å². The van der Waals surface area contributed by atoms with Crippen LogP contribution in [0.15, 0.2) is 18.3 Å². The third kappa shape index (κ3) is 2.94. The van der Waals surface area contributed by atoms with Gasteiger partial charge in [-0.1, -0.05) is 0 Å². The lowest BCUT2D eigenvalue weighted by Crippen LogP contribution is -2.40. The van der Waals surface area contributed by atoms with Gasteiger partial charge in [0.1, 0.15) is 5.52 Å². The SMILES string of the molecule is COC(=O)[C@@H](Nc1nc(Cl)nc2cccnc12)[C@H](C)O. The molecule has 0 aliphatic carbocycles. The summed E-state index contributed by atoms with van der Waals surface area (Å²) in [7, 11) is 1.24. The van der Waals surface area contributed by atoms with E-state index >= 15 is 0 Å². The highest BCUT2D eigenvalue weighted by Crippen LogP contribution is 2.21. The molecule has 2 rings (SSSR count). The first kappa shape index (κ1) is 14.4. The Morgan fingerprint density at radius 2 is 2.25 bits per heavy atom. The molecule has 0 saturated carbocycles. The number of esters is 1. The van der Waals surface area contributed by atoms with Gasteiger partial charge in [0.25, 0.3) is 0 Å². The average molecular weight is 297 g/mol. The number of nitrogens with zero attached hydrogens (tertiary/aromatic N) is 3. The predicted octanol–water partition coefficient (Wildman–Crippen LogP) is 1.01. The zero-order valence-electron chi connectivity index (χ0n) is 10.9. The Bertz CT molecular complexity index is 635. The van der Waals surface area contributed by atoms with E-state index in [0.29, 0.717) is 11.0 Å². The third-order valence-corrected chi connectivity index (χ3v) is 2.83. The smallest absolute Gasteiger partial charge is 0.331 e. The van der Waals surface area contributed by atoms with Crippen molar-refractivity contribution in [3.63, 3.8) is 0 Å². The Hall–Kier alpha value is -1.99. The van der Waals surface area contributed by atoms with Crippen LogP contribution in [-0.2, 0) is 9.53 Å². The number of aromatic nitrogens is 3. The van der Waals surface area contributed by atoms with Crippen molar-refractivity contribution in [1.82, 2.24) is 15.0 Å². The number of halogens is 1. The van der Waals surface area contributed by atoms with Crippen molar-refractivity contribution in [2.45, 2.75) is 19.1 Å². The molecule has 2 aromatic rings. The fraction of sp³-hybridized carbons (Fsp3) is 0.333. The van der Waals surface area contributed by atoms with Gasteiger partial charge in [-0.3, -0.25) is 4.98 Å². The van der Waals surface area contributed by atoms with E-state index in [-0.39, 0.29) is 11.1 Å². The number of ether oxygens (including phenoxy) is 1. The van der Waals surface area contributed by atoms with Gasteiger partial charge in [-0.2, -0.15) is 4.98 Å². The van der Waals surface area contributed by atoms with Crippen molar-refractivity contribution in [1.29, 1.82) is 0 Å². The van der Waals surface area contributed by atoms with E-state index in [0.717, 1.165) is 0 Å². The number of methoxy groups -OCH3 is 1. The maximum Gasteiger partial charge on any atom is 0.331 e. The van der Waals surface area contributed by atoms with E-state index in [2.05, 4.69) is 25.0 Å². The van der Waals surface area contributed by atoms with Gasteiger partial charge >= 0.3 is 5.97 Å². The monoisotopic (exact) mass is 296 g/mol. The normalized spacial score (nSPS) is 13.8. The van der Waals surface area contributed by atoms with Crippen molar-refractivity contribution in [3.05, 3.63) is 23.6 Å². The van der Waals surface area contributed by atoms with Gasteiger partial charge in [0, 0.05) is 6.20 Å². The molecule has 0 unspecified atom stereocenters. The van der Waals surface area contributed by atoms with E-state index in [1.807, 2.05) is 0 Å². The van der Waals surface area contributed by atoms with E-state index in [4.69, 9.17) is 11.6 Å². The van der Waals surface area contributed by atoms with Crippen molar-refractivity contribution < 1.29 is 14.6 Å². The Morgan fingerprint density at radius 1 is 1.50 bits per heavy atom. The highest BCUT2D eigenvalue weighted by atomic mass is 35.5. The zero-order chi connectivity index (χ0) is 14.7. The van der Waals surface area contributed by atoms with Gasteiger partial charge in [-0.15, -0.1) is 0 Å². The number of carbonyl (C=O) groups excluding carboxylic acids is 1. The van der Waals surface area contributed by atoms with Crippen LogP contribution in [0, 0.1) is 0 Å². The zero-order valence-corrected chi connectivity index (χ0v) is 11.6. The number of hydrogen-bond acceptors (Lipinski definition) is 7. The summed E-state index contributed by atoms with van der Waals surface area (Å²) in [4.78, 5) is 23.8. The molecule has 8 heteroatoms. The number of nitrogens with one attached hydrogen (secondary N) is 1. The van der Waals surface area contributed by atoms with Gasteiger partial charge in [-0.25, -0.2) is 9.78 Å². The molecule has 20 heavy (non-hydrogen) atoms. The first-order valence-corrected chi connectivity index (χ1v) is 6.21. The molecule has 0 radical (unpaired) electrons. The first-order valence-electron chi connectivity index (χ1n) is 5.83. The Balaban J connectivity index is 2.44. The van der Waals surface area contributed by atoms with E-state index in [9.17, 15) is 9.90 Å². The number of aliphatic hydroxyl groups is 1. The maximum atomic E-state index is 11.6. The summed E-state index contributed by atoms with van der Waals surface area (Å²) in [6.45, 7) is 1.47. The molecule has 2 aromatic heterocycles. The van der Waals surface area contributed by atoms with Crippen LogP contribution >= 0.6 is 11.6 Å². The molecule has 0 aromatic carbocycles. The van der Waals surface area contributed by atoms with Crippen LogP contribution in [-0.4, -0.2) is 45.3 Å². The maximum absolute atomic E-state index is 11.6. The van der Waals surface area contributed by atoms with E-state index < -0.39 is 18.1 Å². The quantitative estimate of drug-likeness (QED) is 0.642. The van der Waals surface area contributed by atoms with Crippen molar-refractivity contribution in [2.75, 3.05) is 12.4 Å². The summed E-state index contributed by atoms with van der Waals surface area (Å²) in [6, 6.07) is 2.45. The molecular weight excluding hydrogens is 284 g/mol. The number of carbonyl (C=O) groups is 1. The second-order valence-electron chi connectivity index (χ2n) is 4.10. The summed E-state index contributed by atoms with van der Waals surface area (Å²) in [5.41, 5.74) is 0.982. The van der Waals surface area contributed by atoms with E-state index in [1.165, 1.54) is 14.0 Å². The predicted molar refractivity (Wildman–Crippen MR) is 73.5 cm³/mol. The van der Waals surface area contributed by atoms with Crippen molar-refractivity contribution in [3.8, 4) is 0 Å². The van der Waals surface area contributed by atoms with Crippen LogP contribution < -0.4 is 5.32 Å². The second kappa shape index (κ2) is 5.98. The minimum atomic E-state index is -0.977. The highest BCUT2D eigenvalue weighted by molar-refractivity contribution is 6.28. The van der Waals surface area contributed by atoms with Gasteiger partial charge in [0.15, 0.2) is 11.9 Å². The number of rotatable bonds is 4. The third-order valence-electron chi connectivity index (χ3n) is 2.66. The van der Waals surface area contributed by atoms with Crippen LogP contribution in [0.2, 0.25) is 5.28 Å². The van der Waals surface area contributed by atoms with E-state index in [1.54, 1.807) is 18.3 Å². The average Bonchev–Trinajstić information content (AvgIpc) is 2.43. The number of pyridine rings is 1. The van der Waals surface area contributed by atoms with Crippen LogP contribution in [0.1, 0.15) is 6.92 Å². The minimum absolute atomic E-state index is 0.0159. The van der Waals surface area contributed by atoms with Gasteiger partial charge < -0.3 is 15.2 Å².